The van der Waals surface area contributed by atoms with Gasteiger partial charge in [0.25, 0.3) is 0 Å². The van der Waals surface area contributed by atoms with E-state index in [1.54, 1.807) is 11.3 Å². The number of nitrogens with zero attached hydrogens (tertiary/aromatic N) is 1. The van der Waals surface area contributed by atoms with E-state index >= 15 is 0 Å². The van der Waals surface area contributed by atoms with Crippen LogP contribution >= 0.6 is 11.3 Å². The lowest BCUT2D eigenvalue weighted by Gasteiger charge is -2.29. The van der Waals surface area contributed by atoms with E-state index < -0.39 is 0 Å². The Morgan fingerprint density at radius 2 is 2.12 bits per heavy atom. The molecule has 1 fully saturated rings. The minimum Gasteiger partial charge on any atom is -0.309 e. The van der Waals surface area contributed by atoms with Crippen molar-refractivity contribution < 1.29 is 0 Å². The zero-order chi connectivity index (χ0) is 12.1. The van der Waals surface area contributed by atoms with Gasteiger partial charge in [-0.2, -0.15) is 0 Å². The third-order valence-corrected chi connectivity index (χ3v) is 4.87. The quantitative estimate of drug-likeness (QED) is 0.859. The molecule has 0 radical (unpaired) electrons. The molecule has 3 heteroatoms. The molecule has 17 heavy (non-hydrogen) atoms. The maximum Gasteiger partial charge on any atom is 0.0798 e. The van der Waals surface area contributed by atoms with Crippen LogP contribution in [0.4, 0.5) is 0 Å². The van der Waals surface area contributed by atoms with Crippen molar-refractivity contribution in [2.24, 2.45) is 5.92 Å². The van der Waals surface area contributed by atoms with Gasteiger partial charge in [-0.1, -0.05) is 19.8 Å². The second-order valence-corrected chi connectivity index (χ2v) is 6.19. The van der Waals surface area contributed by atoms with E-state index in [-0.39, 0.29) is 0 Å². The summed E-state index contributed by atoms with van der Waals surface area (Å²) in [6.45, 7) is 5.42. The molecule has 0 spiro atoms. The van der Waals surface area contributed by atoms with Crippen LogP contribution in [0.3, 0.4) is 0 Å². The number of rotatable bonds is 5. The first-order valence-electron chi connectivity index (χ1n) is 6.92. The minimum atomic E-state index is 0.740. The van der Waals surface area contributed by atoms with Crippen LogP contribution in [-0.4, -0.2) is 11.0 Å². The average Bonchev–Trinajstić information content (AvgIpc) is 2.75. The standard InChI is InChI=1S/C14H24N2S/c1-3-4-12-5-7-13(8-6-12)15-9-14-11(2)16-10-17-14/h10,12-13,15H,3-9H2,1-2H3. The summed E-state index contributed by atoms with van der Waals surface area (Å²) < 4.78 is 0. The van der Waals surface area contributed by atoms with Gasteiger partial charge in [-0.25, -0.2) is 4.98 Å². The van der Waals surface area contributed by atoms with Gasteiger partial charge in [-0.15, -0.1) is 11.3 Å². The highest BCUT2D eigenvalue weighted by Gasteiger charge is 2.20. The molecule has 0 unspecified atom stereocenters. The van der Waals surface area contributed by atoms with E-state index in [4.69, 9.17) is 0 Å². The predicted molar refractivity (Wildman–Crippen MR) is 74.3 cm³/mol. The van der Waals surface area contributed by atoms with Crippen molar-refractivity contribution >= 4 is 11.3 Å². The van der Waals surface area contributed by atoms with Crippen molar-refractivity contribution in [1.82, 2.24) is 10.3 Å². The van der Waals surface area contributed by atoms with E-state index in [1.165, 1.54) is 49.1 Å². The van der Waals surface area contributed by atoms with Gasteiger partial charge in [-0.05, 0) is 38.5 Å². The zero-order valence-corrected chi connectivity index (χ0v) is 11.9. The molecule has 0 bridgehead atoms. The lowest BCUT2D eigenvalue weighted by atomic mass is 9.83. The topological polar surface area (TPSA) is 24.9 Å². The number of aryl methyl sites for hydroxylation is 1. The number of nitrogens with one attached hydrogen (secondary N) is 1. The summed E-state index contributed by atoms with van der Waals surface area (Å²) >= 11 is 1.77. The third kappa shape index (κ3) is 3.78. The number of thiazole rings is 1. The molecular weight excluding hydrogens is 228 g/mol. The number of hydrogen-bond acceptors (Lipinski definition) is 3. The van der Waals surface area contributed by atoms with E-state index in [9.17, 15) is 0 Å². The minimum absolute atomic E-state index is 0.740. The van der Waals surface area contributed by atoms with Crippen molar-refractivity contribution in [3.63, 3.8) is 0 Å². The average molecular weight is 252 g/mol. The number of hydrogen-bond donors (Lipinski definition) is 1. The fraction of sp³-hybridized carbons (Fsp3) is 0.786. The van der Waals surface area contributed by atoms with Crippen molar-refractivity contribution in [2.75, 3.05) is 0 Å². The molecule has 1 heterocycles. The largest absolute Gasteiger partial charge is 0.309 e. The maximum atomic E-state index is 4.30. The zero-order valence-electron chi connectivity index (χ0n) is 11.0. The fourth-order valence-electron chi connectivity index (χ4n) is 2.80. The summed E-state index contributed by atoms with van der Waals surface area (Å²) in [5.41, 5.74) is 3.15. The Morgan fingerprint density at radius 1 is 1.35 bits per heavy atom. The van der Waals surface area contributed by atoms with Crippen molar-refractivity contribution in [2.45, 2.75) is 65.0 Å². The van der Waals surface area contributed by atoms with Crippen LogP contribution in [0.1, 0.15) is 56.0 Å². The molecular formula is C14H24N2S. The van der Waals surface area contributed by atoms with Crippen molar-refractivity contribution in [3.05, 3.63) is 16.1 Å². The molecule has 0 aliphatic heterocycles. The second kappa shape index (κ2) is 6.50. The van der Waals surface area contributed by atoms with Gasteiger partial charge >= 0.3 is 0 Å². The van der Waals surface area contributed by atoms with E-state index in [2.05, 4.69) is 24.1 Å². The van der Waals surface area contributed by atoms with Gasteiger partial charge in [0.05, 0.1) is 11.2 Å². The summed E-state index contributed by atoms with van der Waals surface area (Å²) in [4.78, 5) is 5.70. The molecule has 2 rings (SSSR count). The Kier molecular flexibility index (Phi) is 4.99. The first-order chi connectivity index (χ1) is 8.29. The van der Waals surface area contributed by atoms with Crippen molar-refractivity contribution in [1.29, 1.82) is 0 Å². The highest BCUT2D eigenvalue weighted by molar-refractivity contribution is 7.09. The van der Waals surface area contributed by atoms with Crippen LogP contribution in [0.15, 0.2) is 5.51 Å². The second-order valence-electron chi connectivity index (χ2n) is 5.25. The summed E-state index contributed by atoms with van der Waals surface area (Å²) in [6, 6.07) is 0.740. The Labute approximate surface area is 109 Å². The molecule has 2 nitrogen and oxygen atoms in total. The third-order valence-electron chi connectivity index (χ3n) is 3.94. The van der Waals surface area contributed by atoms with Crippen LogP contribution in [0, 0.1) is 12.8 Å². The molecule has 0 atom stereocenters. The number of aromatic nitrogens is 1. The lowest BCUT2D eigenvalue weighted by Crippen LogP contribution is -2.32. The normalized spacial score (nSPS) is 25.1. The smallest absolute Gasteiger partial charge is 0.0798 e. The van der Waals surface area contributed by atoms with Crippen molar-refractivity contribution in [3.8, 4) is 0 Å². The molecule has 1 aliphatic rings. The van der Waals surface area contributed by atoms with Gasteiger partial charge in [0.2, 0.25) is 0 Å². The Hall–Kier alpha value is -0.410. The molecule has 1 aliphatic carbocycles. The van der Waals surface area contributed by atoms with Gasteiger partial charge < -0.3 is 5.32 Å². The monoisotopic (exact) mass is 252 g/mol. The van der Waals surface area contributed by atoms with Gasteiger partial charge in [0, 0.05) is 17.5 Å². The van der Waals surface area contributed by atoms with Gasteiger partial charge in [0.1, 0.15) is 0 Å². The Bertz CT molecular complexity index is 327. The fourth-order valence-corrected chi connectivity index (χ4v) is 3.52. The highest BCUT2D eigenvalue weighted by Crippen LogP contribution is 2.28. The van der Waals surface area contributed by atoms with E-state index in [0.717, 1.165) is 18.5 Å². The van der Waals surface area contributed by atoms with E-state index in [0.29, 0.717) is 0 Å². The van der Waals surface area contributed by atoms with Gasteiger partial charge in [-0.3, -0.25) is 0 Å². The molecule has 1 N–H and O–H groups in total. The summed E-state index contributed by atoms with van der Waals surface area (Å²) in [7, 11) is 0. The van der Waals surface area contributed by atoms with E-state index in [1.807, 2.05) is 5.51 Å². The first kappa shape index (κ1) is 13.0. The predicted octanol–water partition coefficient (Wildman–Crippen LogP) is 3.90. The maximum absolute atomic E-state index is 4.30. The molecule has 1 saturated carbocycles. The van der Waals surface area contributed by atoms with Crippen LogP contribution in [0.2, 0.25) is 0 Å². The molecule has 0 saturated heterocycles. The molecule has 0 aromatic carbocycles. The molecule has 1 aromatic rings. The van der Waals surface area contributed by atoms with Gasteiger partial charge in [0.15, 0.2) is 0 Å². The highest BCUT2D eigenvalue weighted by atomic mass is 32.1. The molecule has 1 aromatic heterocycles. The first-order valence-corrected chi connectivity index (χ1v) is 7.80. The SMILES string of the molecule is CCCC1CCC(NCc2scnc2C)CC1. The Balaban J connectivity index is 1.70. The lowest BCUT2D eigenvalue weighted by molar-refractivity contribution is 0.278. The summed E-state index contributed by atoms with van der Waals surface area (Å²) in [5, 5.41) is 3.70. The van der Waals surface area contributed by atoms with Crippen LogP contribution in [-0.2, 0) is 6.54 Å². The van der Waals surface area contributed by atoms with Crippen LogP contribution < -0.4 is 5.32 Å². The Morgan fingerprint density at radius 3 is 2.71 bits per heavy atom. The molecule has 96 valence electrons. The van der Waals surface area contributed by atoms with Crippen LogP contribution in [0.5, 0.6) is 0 Å². The summed E-state index contributed by atoms with van der Waals surface area (Å²) in [6.07, 6.45) is 8.36. The summed E-state index contributed by atoms with van der Waals surface area (Å²) in [5.74, 6) is 1.00. The van der Waals surface area contributed by atoms with Crippen LogP contribution in [0.25, 0.3) is 0 Å². The molecule has 0 amide bonds.